The monoisotopic (exact) mass is 317 g/mol. The molecule has 120 valence electrons. The van der Waals surface area contributed by atoms with Gasteiger partial charge in [0.1, 0.15) is 5.82 Å². The minimum Gasteiger partial charge on any atom is -0.312 e. The predicted molar refractivity (Wildman–Crippen MR) is 63.3 cm³/mol. The Morgan fingerprint density at radius 1 is 0.905 bits per heavy atom. The molecule has 0 fully saturated rings. The maximum atomic E-state index is 13.5. The average molecular weight is 317 g/mol. The maximum Gasteiger partial charge on any atom is 0.402 e. The normalized spacial score (nSPS) is 14.6. The standard InChI is InChI=1S/C13H14F7N/c1-6-4-8(5-7(2)9(6)14)10(21-3)11(12(15,16)17)13(18,19)20/h4-5,10-11,21H,1-3H3. The number of aryl methyl sites for hydroxylation is 2. The molecule has 0 amide bonds. The van der Waals surface area contributed by atoms with Crippen LogP contribution < -0.4 is 5.32 Å². The van der Waals surface area contributed by atoms with Gasteiger partial charge in [-0.05, 0) is 37.6 Å². The van der Waals surface area contributed by atoms with Crippen LogP contribution in [0.3, 0.4) is 0 Å². The molecule has 0 aromatic heterocycles. The van der Waals surface area contributed by atoms with E-state index >= 15 is 0 Å². The van der Waals surface area contributed by atoms with Gasteiger partial charge < -0.3 is 5.32 Å². The Balaban J connectivity index is 3.40. The molecule has 1 aromatic carbocycles. The highest BCUT2D eigenvalue weighted by Gasteiger charge is 2.60. The average Bonchev–Trinajstić information content (AvgIpc) is 2.28. The maximum absolute atomic E-state index is 13.5. The summed E-state index contributed by atoms with van der Waals surface area (Å²) in [5, 5.41) is 2.04. The lowest BCUT2D eigenvalue weighted by Gasteiger charge is -2.31. The summed E-state index contributed by atoms with van der Waals surface area (Å²) < 4.78 is 90.2. The van der Waals surface area contributed by atoms with Crippen LogP contribution >= 0.6 is 0 Å². The summed E-state index contributed by atoms with van der Waals surface area (Å²) in [6, 6.07) is -0.0508. The van der Waals surface area contributed by atoms with E-state index in [0.29, 0.717) is 0 Å². The molecule has 1 atom stereocenters. The van der Waals surface area contributed by atoms with E-state index in [0.717, 1.165) is 19.2 Å². The zero-order valence-corrected chi connectivity index (χ0v) is 11.5. The molecule has 21 heavy (non-hydrogen) atoms. The zero-order valence-electron chi connectivity index (χ0n) is 11.5. The van der Waals surface area contributed by atoms with Gasteiger partial charge in [-0.1, -0.05) is 12.1 Å². The van der Waals surface area contributed by atoms with Crippen molar-refractivity contribution in [3.05, 3.63) is 34.6 Å². The molecular formula is C13H14F7N. The van der Waals surface area contributed by atoms with Crippen LogP contribution in [0.15, 0.2) is 12.1 Å². The summed E-state index contributed by atoms with van der Waals surface area (Å²) in [6.07, 6.45) is -10.9. The van der Waals surface area contributed by atoms with Gasteiger partial charge in [-0.2, -0.15) is 26.3 Å². The van der Waals surface area contributed by atoms with Gasteiger partial charge in [0.25, 0.3) is 0 Å². The molecule has 8 heteroatoms. The summed E-state index contributed by atoms with van der Waals surface area (Å²) in [4.78, 5) is 0. The SMILES string of the molecule is CNC(c1cc(C)c(F)c(C)c1)C(C(F)(F)F)C(F)(F)F. The lowest BCUT2D eigenvalue weighted by molar-refractivity contribution is -0.292. The lowest BCUT2D eigenvalue weighted by atomic mass is 9.90. The number of halogens is 7. The fraction of sp³-hybridized carbons (Fsp3) is 0.538. The van der Waals surface area contributed by atoms with Crippen molar-refractivity contribution in [3.63, 3.8) is 0 Å². The molecule has 0 aliphatic carbocycles. The Kier molecular flexibility index (Phi) is 4.92. The van der Waals surface area contributed by atoms with Crippen LogP contribution in [0.2, 0.25) is 0 Å². The molecule has 0 spiro atoms. The van der Waals surface area contributed by atoms with Crippen molar-refractivity contribution < 1.29 is 30.7 Å². The van der Waals surface area contributed by atoms with Gasteiger partial charge in [0, 0.05) is 0 Å². The van der Waals surface area contributed by atoms with E-state index < -0.39 is 30.1 Å². The molecule has 1 unspecified atom stereocenters. The molecule has 1 N–H and O–H groups in total. The third-order valence-corrected chi connectivity index (χ3v) is 3.17. The van der Waals surface area contributed by atoms with Crippen LogP contribution in [0.5, 0.6) is 0 Å². The Labute approximate surface area is 117 Å². The summed E-state index contributed by atoms with van der Waals surface area (Å²) in [5.74, 6) is -4.22. The van der Waals surface area contributed by atoms with Crippen molar-refractivity contribution in [1.82, 2.24) is 5.32 Å². The van der Waals surface area contributed by atoms with Gasteiger partial charge in [-0.25, -0.2) is 4.39 Å². The van der Waals surface area contributed by atoms with Crippen molar-refractivity contribution in [1.29, 1.82) is 0 Å². The van der Waals surface area contributed by atoms with Crippen molar-refractivity contribution >= 4 is 0 Å². The van der Waals surface area contributed by atoms with Gasteiger partial charge >= 0.3 is 12.4 Å². The Hall–Kier alpha value is -1.31. The van der Waals surface area contributed by atoms with Crippen LogP contribution in [0, 0.1) is 25.6 Å². The fourth-order valence-electron chi connectivity index (χ4n) is 2.25. The Bertz CT molecular complexity index is 467. The predicted octanol–water partition coefficient (Wildman–Crippen LogP) is 4.44. The second-order valence-electron chi connectivity index (χ2n) is 4.80. The minimum atomic E-state index is -5.47. The molecule has 1 nitrogen and oxygen atoms in total. The van der Waals surface area contributed by atoms with Crippen molar-refractivity contribution in [3.8, 4) is 0 Å². The van der Waals surface area contributed by atoms with Crippen LogP contribution in [0.4, 0.5) is 30.7 Å². The first kappa shape index (κ1) is 17.7. The highest BCUT2D eigenvalue weighted by Crippen LogP contribution is 2.46. The topological polar surface area (TPSA) is 12.0 Å². The molecule has 0 saturated carbocycles. The number of benzene rings is 1. The summed E-state index contributed by atoms with van der Waals surface area (Å²) in [6.45, 7) is 2.57. The summed E-state index contributed by atoms with van der Waals surface area (Å²) >= 11 is 0. The molecule has 0 heterocycles. The van der Waals surface area contributed by atoms with Crippen molar-refractivity contribution in [2.75, 3.05) is 7.05 Å². The van der Waals surface area contributed by atoms with Gasteiger partial charge in [0.2, 0.25) is 0 Å². The summed E-state index contributed by atoms with van der Waals surface area (Å²) in [5.41, 5.74) is -0.268. The molecule has 0 aliphatic heterocycles. The van der Waals surface area contributed by atoms with Gasteiger partial charge in [0.15, 0.2) is 5.92 Å². The molecule has 1 aromatic rings. The van der Waals surface area contributed by atoms with E-state index in [9.17, 15) is 30.7 Å². The molecule has 0 saturated heterocycles. The number of hydrogen-bond donors (Lipinski definition) is 1. The molecule has 1 rings (SSSR count). The number of alkyl halides is 6. The largest absolute Gasteiger partial charge is 0.402 e. The van der Waals surface area contributed by atoms with Crippen LogP contribution in [0.25, 0.3) is 0 Å². The van der Waals surface area contributed by atoms with E-state index in [2.05, 4.69) is 0 Å². The molecular weight excluding hydrogens is 303 g/mol. The van der Waals surface area contributed by atoms with E-state index in [1.54, 1.807) is 0 Å². The van der Waals surface area contributed by atoms with Crippen molar-refractivity contribution in [2.45, 2.75) is 32.2 Å². The lowest BCUT2D eigenvalue weighted by Crippen LogP contribution is -2.45. The van der Waals surface area contributed by atoms with Crippen LogP contribution in [-0.2, 0) is 0 Å². The fourth-order valence-corrected chi connectivity index (χ4v) is 2.25. The molecule has 0 aliphatic rings. The van der Waals surface area contributed by atoms with Gasteiger partial charge in [-0.15, -0.1) is 0 Å². The third kappa shape index (κ3) is 3.87. The number of hydrogen-bond acceptors (Lipinski definition) is 1. The third-order valence-electron chi connectivity index (χ3n) is 3.17. The highest BCUT2D eigenvalue weighted by atomic mass is 19.4. The molecule has 0 radical (unpaired) electrons. The highest BCUT2D eigenvalue weighted by molar-refractivity contribution is 5.33. The zero-order chi connectivity index (χ0) is 16.6. The van der Waals surface area contributed by atoms with E-state index in [1.807, 2.05) is 5.32 Å². The van der Waals surface area contributed by atoms with E-state index in [-0.39, 0.29) is 16.7 Å². The number of rotatable bonds is 3. The minimum absolute atomic E-state index is 0.00616. The van der Waals surface area contributed by atoms with Gasteiger partial charge in [0.05, 0.1) is 6.04 Å². The quantitative estimate of drug-likeness (QED) is 0.813. The number of nitrogens with one attached hydrogen (secondary N) is 1. The van der Waals surface area contributed by atoms with E-state index in [4.69, 9.17) is 0 Å². The first-order valence-electron chi connectivity index (χ1n) is 5.97. The Morgan fingerprint density at radius 3 is 1.57 bits per heavy atom. The van der Waals surface area contributed by atoms with Crippen molar-refractivity contribution in [2.24, 2.45) is 5.92 Å². The van der Waals surface area contributed by atoms with Crippen LogP contribution in [0.1, 0.15) is 22.7 Å². The van der Waals surface area contributed by atoms with Crippen LogP contribution in [-0.4, -0.2) is 19.4 Å². The molecule has 0 bridgehead atoms. The second-order valence-corrected chi connectivity index (χ2v) is 4.80. The second kappa shape index (κ2) is 5.82. The first-order chi connectivity index (χ1) is 9.39. The Morgan fingerprint density at radius 2 is 1.29 bits per heavy atom. The smallest absolute Gasteiger partial charge is 0.312 e. The first-order valence-corrected chi connectivity index (χ1v) is 5.97. The summed E-state index contributed by atoms with van der Waals surface area (Å²) in [7, 11) is 1.00. The van der Waals surface area contributed by atoms with Gasteiger partial charge in [-0.3, -0.25) is 0 Å². The van der Waals surface area contributed by atoms with E-state index in [1.165, 1.54) is 13.8 Å².